The molecule has 170 valence electrons. The lowest BCUT2D eigenvalue weighted by atomic mass is 9.89. The Kier molecular flexibility index (Phi) is 6.37. The van der Waals surface area contributed by atoms with Crippen LogP contribution in [0.15, 0.2) is 45.8 Å². The molecular formula is C26H24Cl2N2O3. The summed E-state index contributed by atoms with van der Waals surface area (Å²) < 4.78 is 6.34. The van der Waals surface area contributed by atoms with Crippen LogP contribution in [0.3, 0.4) is 0 Å². The van der Waals surface area contributed by atoms with E-state index in [4.69, 9.17) is 27.6 Å². The second-order valence-corrected chi connectivity index (χ2v) is 8.68. The molecule has 0 spiro atoms. The van der Waals surface area contributed by atoms with Gasteiger partial charge in [-0.15, -0.1) is 0 Å². The zero-order valence-electron chi connectivity index (χ0n) is 18.8. The Morgan fingerprint density at radius 2 is 1.76 bits per heavy atom. The van der Waals surface area contributed by atoms with Crippen molar-refractivity contribution in [2.45, 2.75) is 27.7 Å². The third-order valence-electron chi connectivity index (χ3n) is 5.65. The van der Waals surface area contributed by atoms with Gasteiger partial charge in [-0.2, -0.15) is 0 Å². The number of carboxylic acids is 1. The topological polar surface area (TPSA) is 74.8 Å². The highest BCUT2D eigenvalue weighted by atomic mass is 35.5. The van der Waals surface area contributed by atoms with E-state index in [1.165, 1.54) is 6.07 Å². The molecule has 2 aromatic carbocycles. The molecule has 7 heteroatoms. The second kappa shape index (κ2) is 9.08. The summed E-state index contributed by atoms with van der Waals surface area (Å²) in [5.41, 5.74) is 5.27. The molecule has 0 amide bonds. The van der Waals surface area contributed by atoms with Crippen molar-refractivity contribution in [2.24, 2.45) is 4.99 Å². The molecule has 33 heavy (non-hydrogen) atoms. The van der Waals surface area contributed by atoms with Gasteiger partial charge >= 0.3 is 5.97 Å². The van der Waals surface area contributed by atoms with Gasteiger partial charge in [0.2, 0.25) is 0 Å². The smallest absolute Gasteiger partial charge is 0.337 e. The van der Waals surface area contributed by atoms with Crippen molar-refractivity contribution in [3.8, 4) is 22.5 Å². The zero-order chi connectivity index (χ0) is 23.9. The quantitative estimate of drug-likeness (QED) is 0.295. The van der Waals surface area contributed by atoms with Crippen molar-refractivity contribution < 1.29 is 14.3 Å². The number of halogens is 2. The van der Waals surface area contributed by atoms with E-state index in [0.717, 1.165) is 39.7 Å². The lowest BCUT2D eigenvalue weighted by Gasteiger charge is -2.20. The first-order chi connectivity index (χ1) is 15.8. The maximum atomic E-state index is 12.3. The average molecular weight is 483 g/mol. The Morgan fingerprint density at radius 1 is 1.03 bits per heavy atom. The number of anilines is 1. The van der Waals surface area contributed by atoms with E-state index in [1.54, 1.807) is 6.07 Å². The van der Waals surface area contributed by atoms with E-state index in [0.29, 0.717) is 34.0 Å². The first kappa shape index (κ1) is 23.1. The minimum atomic E-state index is -1.14. The lowest BCUT2D eigenvalue weighted by molar-refractivity contribution is 0.0698. The molecule has 1 aliphatic carbocycles. The van der Waals surface area contributed by atoms with E-state index >= 15 is 0 Å². The van der Waals surface area contributed by atoms with Gasteiger partial charge in [-0.25, -0.2) is 4.79 Å². The van der Waals surface area contributed by atoms with Crippen molar-refractivity contribution in [1.82, 2.24) is 0 Å². The minimum absolute atomic E-state index is 0.0358. The molecule has 4 rings (SSSR count). The van der Waals surface area contributed by atoms with Gasteiger partial charge in [-0.1, -0.05) is 23.2 Å². The first-order valence-electron chi connectivity index (χ1n) is 10.7. The van der Waals surface area contributed by atoms with Crippen LogP contribution >= 0.6 is 23.2 Å². The molecule has 2 aliphatic rings. The maximum Gasteiger partial charge on any atom is 0.337 e. The number of benzene rings is 3. The van der Waals surface area contributed by atoms with E-state index in [2.05, 4.69) is 10.3 Å². The van der Waals surface area contributed by atoms with E-state index in [-0.39, 0.29) is 10.6 Å². The molecule has 0 saturated heterocycles. The monoisotopic (exact) mass is 482 g/mol. The summed E-state index contributed by atoms with van der Waals surface area (Å²) in [6.07, 6.45) is 0. The van der Waals surface area contributed by atoms with Gasteiger partial charge in [0, 0.05) is 58.0 Å². The highest BCUT2D eigenvalue weighted by molar-refractivity contribution is 6.39. The van der Waals surface area contributed by atoms with E-state index < -0.39 is 5.97 Å². The molecule has 0 unspecified atom stereocenters. The van der Waals surface area contributed by atoms with Crippen molar-refractivity contribution >= 4 is 45.8 Å². The van der Waals surface area contributed by atoms with Gasteiger partial charge in [0.1, 0.15) is 11.3 Å². The van der Waals surface area contributed by atoms with Crippen LogP contribution in [-0.2, 0) is 0 Å². The van der Waals surface area contributed by atoms with Crippen molar-refractivity contribution in [3.63, 3.8) is 0 Å². The number of carboxylic acid groups (broad SMARTS) is 1. The predicted octanol–water partition coefficient (Wildman–Crippen LogP) is 7.18. The standard InChI is InChI=1S/C26H24Cl2N2O3/c1-5-29-19-11-21-15(9-13(19)3)23(24-17(27)7-8-18(28)25(24)26(31)32)16-10-14(4)20(30-6-2)12-22(16)33-21/h7-12,29H,5-6H2,1-4H3,(H,31,32). The zero-order valence-corrected chi connectivity index (χ0v) is 20.4. The van der Waals surface area contributed by atoms with Gasteiger partial charge in [-0.05, 0) is 63.1 Å². The van der Waals surface area contributed by atoms with Crippen LogP contribution in [0.5, 0.6) is 0 Å². The Bertz CT molecular complexity index is 1440. The fraction of sp³-hybridized carbons (Fsp3) is 0.231. The molecule has 0 radical (unpaired) electrons. The van der Waals surface area contributed by atoms with Crippen LogP contribution < -0.4 is 10.7 Å². The second-order valence-electron chi connectivity index (χ2n) is 7.86. The summed E-state index contributed by atoms with van der Waals surface area (Å²) >= 11 is 13.0. The Labute approximate surface area is 202 Å². The summed E-state index contributed by atoms with van der Waals surface area (Å²) in [6.45, 7) is 9.37. The van der Waals surface area contributed by atoms with Gasteiger partial charge in [0.15, 0.2) is 0 Å². The molecule has 0 fully saturated rings. The van der Waals surface area contributed by atoms with Crippen LogP contribution in [0.4, 0.5) is 5.69 Å². The van der Waals surface area contributed by atoms with Gasteiger partial charge in [0.05, 0.1) is 15.9 Å². The SMILES string of the molecule is CCN=c1cc2oc3cc(NCC)c(C)cc3c(-c3c(Cl)ccc(Cl)c3C(=O)O)c-2cc1C. The third kappa shape index (κ3) is 4.07. The molecule has 0 atom stereocenters. The maximum absolute atomic E-state index is 12.3. The fourth-order valence-corrected chi connectivity index (χ4v) is 4.68. The number of fused-ring (bicyclic) bond motifs is 2. The van der Waals surface area contributed by atoms with Crippen LogP contribution in [0, 0.1) is 13.8 Å². The van der Waals surface area contributed by atoms with Gasteiger partial charge in [0.25, 0.3) is 0 Å². The molecule has 2 aromatic rings. The highest BCUT2D eigenvalue weighted by Gasteiger charge is 2.26. The highest BCUT2D eigenvalue weighted by Crippen LogP contribution is 2.46. The third-order valence-corrected chi connectivity index (χ3v) is 6.28. The summed E-state index contributed by atoms with van der Waals surface area (Å²) in [7, 11) is 0. The number of hydrogen-bond donors (Lipinski definition) is 2. The number of aromatic carboxylic acids is 1. The fourth-order valence-electron chi connectivity index (χ4n) is 4.18. The number of aryl methyl sites for hydroxylation is 2. The molecule has 1 heterocycles. The lowest BCUT2D eigenvalue weighted by Crippen LogP contribution is -2.10. The number of nitrogens with one attached hydrogen (secondary N) is 1. The average Bonchev–Trinajstić information content (AvgIpc) is 2.76. The Hall–Kier alpha value is -3.02. The van der Waals surface area contributed by atoms with Crippen LogP contribution in [0.1, 0.15) is 35.3 Å². The van der Waals surface area contributed by atoms with Crippen LogP contribution in [0.25, 0.3) is 33.4 Å². The Morgan fingerprint density at radius 3 is 2.42 bits per heavy atom. The molecular weight excluding hydrogens is 459 g/mol. The molecule has 2 N–H and O–H groups in total. The minimum Gasteiger partial charge on any atom is -0.478 e. The predicted molar refractivity (Wildman–Crippen MR) is 135 cm³/mol. The summed E-state index contributed by atoms with van der Waals surface area (Å²) in [4.78, 5) is 16.8. The largest absolute Gasteiger partial charge is 0.478 e. The van der Waals surface area contributed by atoms with Crippen molar-refractivity contribution in [2.75, 3.05) is 18.4 Å². The summed E-state index contributed by atoms with van der Waals surface area (Å²) in [6, 6.07) is 10.9. The number of rotatable bonds is 5. The number of carbonyl (C=O) groups is 1. The van der Waals surface area contributed by atoms with Crippen molar-refractivity contribution in [3.05, 3.63) is 68.5 Å². The summed E-state index contributed by atoms with van der Waals surface area (Å²) in [5, 5.41) is 15.4. The number of hydrogen-bond acceptors (Lipinski definition) is 4. The van der Waals surface area contributed by atoms with Crippen LogP contribution in [-0.4, -0.2) is 24.2 Å². The van der Waals surface area contributed by atoms with Crippen molar-refractivity contribution in [1.29, 1.82) is 0 Å². The normalized spacial score (nSPS) is 12.0. The molecule has 0 bridgehead atoms. The molecule has 5 nitrogen and oxygen atoms in total. The number of nitrogens with zero attached hydrogens (tertiary/aromatic N) is 1. The molecule has 0 aromatic heterocycles. The van der Waals surface area contributed by atoms with Crippen LogP contribution in [0.2, 0.25) is 10.0 Å². The van der Waals surface area contributed by atoms with Gasteiger partial charge in [-0.3, -0.25) is 4.99 Å². The molecule has 0 saturated carbocycles. The van der Waals surface area contributed by atoms with Gasteiger partial charge < -0.3 is 14.8 Å². The summed E-state index contributed by atoms with van der Waals surface area (Å²) in [5.74, 6) is -0.552. The van der Waals surface area contributed by atoms with E-state index in [1.807, 2.05) is 52.0 Å². The first-order valence-corrected chi connectivity index (χ1v) is 11.5. The Balaban J connectivity index is 2.26. The van der Waals surface area contributed by atoms with E-state index in [9.17, 15) is 9.90 Å². The molecule has 1 aliphatic heterocycles.